The van der Waals surface area contributed by atoms with Crippen molar-refractivity contribution < 1.29 is 66.3 Å². The molecule has 4 aliphatic heterocycles. The van der Waals surface area contributed by atoms with Gasteiger partial charge in [-0.25, -0.2) is 18.4 Å². The molecule has 1 N–H and O–H groups in total. The van der Waals surface area contributed by atoms with Gasteiger partial charge in [-0.15, -0.1) is 0 Å². The lowest BCUT2D eigenvalue weighted by molar-refractivity contribution is 0.0415. The van der Waals surface area contributed by atoms with Crippen LogP contribution < -0.4 is 14.2 Å². The zero-order chi connectivity index (χ0) is 54.7. The number of nitrogens with zero attached hydrogens (tertiary/aromatic N) is 6. The van der Waals surface area contributed by atoms with E-state index in [0.29, 0.717) is 69.1 Å². The fourth-order valence-electron chi connectivity index (χ4n) is 9.71. The molecule has 18 nitrogen and oxygen atoms in total. The molecule has 0 bridgehead atoms. The van der Waals surface area contributed by atoms with Gasteiger partial charge in [0.05, 0.1) is 39.5 Å². The van der Waals surface area contributed by atoms with Crippen LogP contribution in [0.5, 0.6) is 23.0 Å². The van der Waals surface area contributed by atoms with Crippen molar-refractivity contribution in [2.24, 2.45) is 0 Å². The van der Waals surface area contributed by atoms with Gasteiger partial charge in [0.1, 0.15) is 51.0 Å². The van der Waals surface area contributed by atoms with Gasteiger partial charge >= 0.3 is 12.2 Å². The van der Waals surface area contributed by atoms with Crippen LogP contribution in [0.25, 0.3) is 21.8 Å². The molecule has 2 aromatic heterocycles. The van der Waals surface area contributed by atoms with Crippen LogP contribution in [0, 0.1) is 11.6 Å². The molecule has 8 aromatic rings. The average molecular weight is 1070 g/mol. The maximum absolute atomic E-state index is 14.3. The molecule has 20 heteroatoms. The van der Waals surface area contributed by atoms with Crippen molar-refractivity contribution >= 4 is 57.6 Å². The molecule has 0 saturated carbocycles. The summed E-state index contributed by atoms with van der Waals surface area (Å²) in [7, 11) is 0. The number of halogens is 2. The number of amides is 6. The summed E-state index contributed by atoms with van der Waals surface area (Å²) in [6.45, 7) is 2.41. The van der Waals surface area contributed by atoms with E-state index in [2.05, 4.69) is 9.97 Å². The Bertz CT molecular complexity index is 3650. The van der Waals surface area contributed by atoms with E-state index in [1.165, 1.54) is 64.5 Å². The van der Waals surface area contributed by atoms with Crippen molar-refractivity contribution in [3.8, 4) is 23.0 Å². The van der Waals surface area contributed by atoms with Crippen LogP contribution in [0.1, 0.15) is 69.8 Å². The third kappa shape index (κ3) is 10.1. The summed E-state index contributed by atoms with van der Waals surface area (Å²) in [5.41, 5.74) is 2.34. The second kappa shape index (κ2) is 22.1. The van der Waals surface area contributed by atoms with E-state index in [4.69, 9.17) is 23.7 Å². The molecule has 0 radical (unpaired) electrons. The molecule has 2 fully saturated rings. The lowest BCUT2D eigenvalue weighted by Gasteiger charge is -2.27. The van der Waals surface area contributed by atoms with Crippen LogP contribution in [-0.2, 0) is 22.6 Å². The zero-order valence-electron chi connectivity index (χ0n) is 41.9. The lowest BCUT2D eigenvalue weighted by Crippen LogP contribution is -2.42. The first-order valence-corrected chi connectivity index (χ1v) is 25.1. The lowest BCUT2D eigenvalue weighted by atomic mass is 9.99. The van der Waals surface area contributed by atoms with Gasteiger partial charge in [0.15, 0.2) is 23.0 Å². The molecule has 2 saturated heterocycles. The van der Waals surface area contributed by atoms with Gasteiger partial charge in [0, 0.05) is 49.3 Å². The van der Waals surface area contributed by atoms with Crippen LogP contribution >= 0.6 is 0 Å². The predicted molar refractivity (Wildman–Crippen MR) is 279 cm³/mol. The number of fused-ring (bicyclic) bond motifs is 4. The minimum atomic E-state index is -0.756. The number of hydrogen-bond donors (Lipinski definition) is 1. The smallest absolute Gasteiger partial charge is 0.415 e. The van der Waals surface area contributed by atoms with Crippen LogP contribution in [0.4, 0.5) is 18.4 Å². The number of benzene rings is 6. The van der Waals surface area contributed by atoms with E-state index >= 15 is 0 Å². The number of carbonyl (C=O) groups excluding carboxylic acids is 6. The highest BCUT2D eigenvalue weighted by Gasteiger charge is 2.46. The Labute approximate surface area is 448 Å². The minimum absolute atomic E-state index is 0.0332. The fraction of sp³-hybridized carbons (Fsp3) is 0.186. The van der Waals surface area contributed by atoms with Crippen molar-refractivity contribution in [1.29, 1.82) is 0 Å². The van der Waals surface area contributed by atoms with E-state index in [-0.39, 0.29) is 69.0 Å². The first kappa shape index (κ1) is 51.4. The Morgan fingerprint density at radius 1 is 0.506 bits per heavy atom. The Balaban J connectivity index is 0.000000177. The van der Waals surface area contributed by atoms with E-state index in [1.54, 1.807) is 30.5 Å². The number of aromatic hydroxyl groups is 1. The summed E-state index contributed by atoms with van der Waals surface area (Å²) in [6.07, 6.45) is 0.917. The van der Waals surface area contributed by atoms with Crippen LogP contribution in [0.2, 0.25) is 0 Å². The number of morpholine rings is 2. The van der Waals surface area contributed by atoms with Crippen LogP contribution in [-0.4, -0.2) is 123 Å². The van der Waals surface area contributed by atoms with Gasteiger partial charge in [0.2, 0.25) is 0 Å². The summed E-state index contributed by atoms with van der Waals surface area (Å²) in [4.78, 5) is 94.8. The number of ether oxygens (including phenoxy) is 5. The number of phenolic OH excluding ortho intramolecular Hbond substituents is 1. The molecule has 12 rings (SSSR count). The van der Waals surface area contributed by atoms with Crippen molar-refractivity contribution in [1.82, 2.24) is 29.6 Å². The van der Waals surface area contributed by atoms with Gasteiger partial charge in [-0.05, 0) is 70.8 Å². The molecular formula is C59H46F2N6O12. The molecule has 6 heterocycles. The molecular weight excluding hydrogens is 1020 g/mol. The highest BCUT2D eigenvalue weighted by Crippen LogP contribution is 2.48. The minimum Gasteiger partial charge on any atom is -0.505 e. The Morgan fingerprint density at radius 3 is 1.35 bits per heavy atom. The first-order valence-electron chi connectivity index (χ1n) is 25.1. The molecule has 6 amide bonds. The molecule has 398 valence electrons. The molecule has 79 heavy (non-hydrogen) atoms. The molecule has 0 aliphatic carbocycles. The largest absolute Gasteiger partial charge is 0.505 e. The van der Waals surface area contributed by atoms with Gasteiger partial charge in [0.25, 0.3) is 23.6 Å². The Hall–Kier alpha value is -9.66. The molecule has 6 aromatic carbocycles. The maximum atomic E-state index is 14.3. The van der Waals surface area contributed by atoms with Crippen molar-refractivity contribution in [3.63, 3.8) is 0 Å². The number of imide groups is 2. The third-order valence-electron chi connectivity index (χ3n) is 13.7. The van der Waals surface area contributed by atoms with Gasteiger partial charge in [-0.3, -0.25) is 38.9 Å². The number of hydrogen-bond acceptors (Lipinski definition) is 14. The topological polar surface area (TPSA) is 208 Å². The summed E-state index contributed by atoms with van der Waals surface area (Å²) in [5.74, 6) is -4.27. The van der Waals surface area contributed by atoms with Crippen LogP contribution in [0.3, 0.4) is 0 Å². The highest BCUT2D eigenvalue weighted by atomic mass is 19.1. The Morgan fingerprint density at radius 2 is 0.899 bits per heavy atom. The van der Waals surface area contributed by atoms with E-state index in [0.717, 1.165) is 20.9 Å². The number of rotatable bonds is 10. The summed E-state index contributed by atoms with van der Waals surface area (Å²) < 4.78 is 55.9. The number of carbonyl (C=O) groups is 6. The SMILES string of the molecule is O=C(Oc1c2c(c(O)c3ncccc13)C(=O)N(Cc1ccc(F)cc1)C2=O)N1CCOCC1.O=C(Oc1c2c(c(OC(c3ccccc3)c3ccccc3)c3ncccc13)C(=O)N(Cc1ccc(F)cc1)C2=O)N1CCOCC1. The van der Waals surface area contributed by atoms with E-state index in [1.807, 2.05) is 60.7 Å². The molecule has 0 atom stereocenters. The number of phenols is 1. The highest BCUT2D eigenvalue weighted by molar-refractivity contribution is 6.28. The standard InChI is InChI=1S/C36H28FN3O6.C23H18FN3O6/c37-26-15-13-23(14-16-26)22-40-34(41)28-29(35(40)42)33(45-31(24-8-3-1-4-9-24)25-10-5-2-6-11-25)30-27(12-7-17-38-30)32(28)46-36(43)39-18-20-44-21-19-39;24-14-5-3-13(4-6-14)12-27-21(29)16-17(22(27)30)20(15-2-1-7-25-18(15)19(16)28)33-23(31)26-8-10-32-11-9-26/h1-17,31H,18-22H2;1-7,28H,8-12H2. The second-order valence-corrected chi connectivity index (χ2v) is 18.5. The molecule has 0 spiro atoms. The van der Waals surface area contributed by atoms with Crippen LogP contribution in [0.15, 0.2) is 146 Å². The second-order valence-electron chi connectivity index (χ2n) is 18.5. The van der Waals surface area contributed by atoms with Crippen molar-refractivity contribution in [3.05, 3.63) is 202 Å². The van der Waals surface area contributed by atoms with Gasteiger partial charge in [-0.1, -0.05) is 84.9 Å². The monoisotopic (exact) mass is 1070 g/mol. The summed E-state index contributed by atoms with van der Waals surface area (Å²) >= 11 is 0. The van der Waals surface area contributed by atoms with Gasteiger partial charge in [-0.2, -0.15) is 0 Å². The van der Waals surface area contributed by atoms with Crippen molar-refractivity contribution in [2.45, 2.75) is 19.2 Å². The summed E-state index contributed by atoms with van der Waals surface area (Å²) in [6, 6.07) is 36.4. The first-order chi connectivity index (χ1) is 38.4. The Kier molecular flexibility index (Phi) is 14.4. The maximum Gasteiger partial charge on any atom is 0.415 e. The quantitative estimate of drug-likeness (QED) is 0.127. The van der Waals surface area contributed by atoms with E-state index < -0.39 is 59.3 Å². The molecule has 0 unspecified atom stereocenters. The van der Waals surface area contributed by atoms with Crippen molar-refractivity contribution in [2.75, 3.05) is 52.6 Å². The molecule has 4 aliphatic rings. The average Bonchev–Trinajstić information content (AvgIpc) is 4.16. The number of aromatic nitrogens is 2. The fourth-order valence-corrected chi connectivity index (χ4v) is 9.71. The third-order valence-corrected chi connectivity index (χ3v) is 13.7. The normalized spacial score (nSPS) is 15.1. The van der Waals surface area contributed by atoms with E-state index in [9.17, 15) is 42.7 Å². The predicted octanol–water partition coefficient (Wildman–Crippen LogP) is 8.88. The van der Waals surface area contributed by atoms with Gasteiger partial charge < -0.3 is 38.6 Å². The summed E-state index contributed by atoms with van der Waals surface area (Å²) in [5, 5.41) is 11.4. The zero-order valence-corrected chi connectivity index (χ0v) is 41.9. The number of pyridine rings is 2.